The second kappa shape index (κ2) is 7.65. The summed E-state index contributed by atoms with van der Waals surface area (Å²) in [4.78, 5) is 31.8. The number of hydrogen-bond donors (Lipinski definition) is 1. The van der Waals surface area contributed by atoms with Crippen LogP contribution in [0.4, 0.5) is 20.2 Å². The third-order valence-corrected chi connectivity index (χ3v) is 5.71. The lowest BCUT2D eigenvalue weighted by molar-refractivity contribution is -0.117. The number of benzene rings is 2. The summed E-state index contributed by atoms with van der Waals surface area (Å²) >= 11 is 6.16. The number of hydrogen-bond acceptors (Lipinski definition) is 4. The highest BCUT2D eigenvalue weighted by molar-refractivity contribution is 6.32. The zero-order valence-electron chi connectivity index (χ0n) is 15.6. The summed E-state index contributed by atoms with van der Waals surface area (Å²) in [6.45, 7) is 2.84. The zero-order chi connectivity index (χ0) is 20.7. The predicted octanol–water partition coefficient (Wildman–Crippen LogP) is 4.16. The van der Waals surface area contributed by atoms with E-state index in [1.54, 1.807) is 12.1 Å². The minimum atomic E-state index is -1.02. The van der Waals surface area contributed by atoms with E-state index >= 15 is 0 Å². The molecule has 0 saturated carbocycles. The maximum absolute atomic E-state index is 13.3. The zero-order valence-corrected chi connectivity index (χ0v) is 16.4. The molecule has 2 aliphatic heterocycles. The van der Waals surface area contributed by atoms with Gasteiger partial charge in [-0.15, -0.1) is 0 Å². The Morgan fingerprint density at radius 2 is 2.07 bits per heavy atom. The van der Waals surface area contributed by atoms with Crippen LogP contribution in [-0.4, -0.2) is 41.9 Å². The van der Waals surface area contributed by atoms with Crippen molar-refractivity contribution in [2.45, 2.75) is 13.3 Å². The third kappa shape index (κ3) is 3.80. The van der Waals surface area contributed by atoms with Crippen LogP contribution in [0, 0.1) is 24.5 Å². The number of nitrogens with zero attached hydrogens (tertiary/aromatic N) is 2. The standard InChI is InChI=1S/C21H18ClF2N3O2/c1-11-15(22)4-3-13-20(11)26-18-6-7-27(9-14(18)21(13)29)10-19(28)25-12-2-5-16(23)17(24)8-12/h2-5,8,14H,6-7,9-10H2,1H3,(H,25,28). The number of Topliss-reactive ketones (excluding diaryl/α,β-unsaturated/α-hetero) is 1. The average Bonchev–Trinajstić information content (AvgIpc) is 2.68. The minimum absolute atomic E-state index is 0.0181. The van der Waals surface area contributed by atoms with E-state index in [1.165, 1.54) is 6.07 Å². The maximum Gasteiger partial charge on any atom is 0.238 e. The van der Waals surface area contributed by atoms with Gasteiger partial charge in [-0.2, -0.15) is 0 Å². The van der Waals surface area contributed by atoms with Crippen LogP contribution in [0.15, 0.2) is 35.3 Å². The normalized spacial score (nSPS) is 18.7. The molecule has 5 nitrogen and oxygen atoms in total. The molecule has 1 amide bonds. The van der Waals surface area contributed by atoms with Crippen molar-refractivity contribution >= 4 is 40.4 Å². The van der Waals surface area contributed by atoms with E-state index in [2.05, 4.69) is 10.3 Å². The van der Waals surface area contributed by atoms with Crippen molar-refractivity contribution in [1.82, 2.24) is 4.90 Å². The molecule has 4 rings (SSSR count). The first-order chi connectivity index (χ1) is 13.8. The molecule has 2 heterocycles. The fourth-order valence-corrected chi connectivity index (χ4v) is 3.89. The van der Waals surface area contributed by atoms with E-state index in [0.717, 1.165) is 23.4 Å². The molecule has 1 atom stereocenters. The molecule has 1 N–H and O–H groups in total. The molecular weight excluding hydrogens is 400 g/mol. The molecule has 0 aliphatic carbocycles. The number of ketones is 1. The van der Waals surface area contributed by atoms with Crippen LogP contribution < -0.4 is 5.32 Å². The smallest absolute Gasteiger partial charge is 0.238 e. The number of halogens is 3. The van der Waals surface area contributed by atoms with E-state index < -0.39 is 17.6 Å². The number of aliphatic imine (C=N–C) groups is 1. The Morgan fingerprint density at radius 3 is 2.83 bits per heavy atom. The van der Waals surface area contributed by atoms with Crippen molar-refractivity contribution < 1.29 is 18.4 Å². The monoisotopic (exact) mass is 417 g/mol. The van der Waals surface area contributed by atoms with Crippen LogP contribution in [0.3, 0.4) is 0 Å². The Kier molecular flexibility index (Phi) is 5.19. The first-order valence-corrected chi connectivity index (χ1v) is 9.59. The van der Waals surface area contributed by atoms with Gasteiger partial charge in [-0.25, -0.2) is 8.78 Å². The molecule has 2 aromatic rings. The molecule has 0 radical (unpaired) electrons. The van der Waals surface area contributed by atoms with Gasteiger partial charge >= 0.3 is 0 Å². The van der Waals surface area contributed by atoms with E-state index in [0.29, 0.717) is 35.8 Å². The molecule has 1 saturated heterocycles. The van der Waals surface area contributed by atoms with Crippen LogP contribution in [0.25, 0.3) is 0 Å². The number of rotatable bonds is 3. The SMILES string of the molecule is Cc1c(Cl)ccc2c1N=C1CCN(CC(=O)Nc3ccc(F)c(F)c3)CC1C2=O. The molecule has 1 fully saturated rings. The minimum Gasteiger partial charge on any atom is -0.325 e. The summed E-state index contributed by atoms with van der Waals surface area (Å²) in [6.07, 6.45) is 0.570. The van der Waals surface area contributed by atoms with E-state index in [9.17, 15) is 18.4 Å². The average molecular weight is 418 g/mol. The van der Waals surface area contributed by atoms with Gasteiger partial charge in [0.25, 0.3) is 0 Å². The summed E-state index contributed by atoms with van der Waals surface area (Å²) in [5.41, 5.74) is 2.97. The van der Waals surface area contributed by atoms with Crippen LogP contribution >= 0.6 is 11.6 Å². The number of likely N-dealkylation sites (tertiary alicyclic amines) is 1. The molecular formula is C21H18ClF2N3O2. The van der Waals surface area contributed by atoms with Gasteiger partial charge < -0.3 is 5.32 Å². The van der Waals surface area contributed by atoms with E-state index in [4.69, 9.17) is 11.6 Å². The van der Waals surface area contributed by atoms with Crippen molar-refractivity contribution in [3.05, 3.63) is 58.1 Å². The van der Waals surface area contributed by atoms with E-state index in [-0.39, 0.29) is 23.9 Å². The van der Waals surface area contributed by atoms with Crippen molar-refractivity contribution in [2.75, 3.05) is 25.0 Å². The lowest BCUT2D eigenvalue weighted by Gasteiger charge is -2.35. The molecule has 2 aliphatic rings. The lowest BCUT2D eigenvalue weighted by atomic mass is 9.84. The third-order valence-electron chi connectivity index (χ3n) is 5.30. The number of piperidine rings is 1. The van der Waals surface area contributed by atoms with Crippen molar-refractivity contribution in [1.29, 1.82) is 0 Å². The van der Waals surface area contributed by atoms with Crippen LogP contribution in [0.2, 0.25) is 5.02 Å². The molecule has 0 bridgehead atoms. The van der Waals surface area contributed by atoms with Gasteiger partial charge in [0.05, 0.1) is 18.2 Å². The highest BCUT2D eigenvalue weighted by atomic mass is 35.5. The number of carbonyl (C=O) groups excluding carboxylic acids is 2. The van der Waals surface area contributed by atoms with Crippen LogP contribution in [0.5, 0.6) is 0 Å². The van der Waals surface area contributed by atoms with Gasteiger partial charge in [0.15, 0.2) is 17.4 Å². The summed E-state index contributed by atoms with van der Waals surface area (Å²) in [6, 6.07) is 6.59. The number of anilines is 1. The second-order valence-corrected chi connectivity index (χ2v) is 7.66. The Morgan fingerprint density at radius 1 is 1.28 bits per heavy atom. The number of carbonyl (C=O) groups is 2. The van der Waals surface area contributed by atoms with Crippen LogP contribution in [0.1, 0.15) is 22.3 Å². The summed E-state index contributed by atoms with van der Waals surface area (Å²) in [5.74, 6) is -2.77. The van der Waals surface area contributed by atoms with Gasteiger partial charge in [-0.05, 0) is 43.2 Å². The maximum atomic E-state index is 13.3. The first-order valence-electron chi connectivity index (χ1n) is 9.21. The Balaban J connectivity index is 1.45. The Bertz CT molecular complexity index is 1050. The molecule has 1 unspecified atom stereocenters. The molecule has 0 aromatic heterocycles. The van der Waals surface area contributed by atoms with Gasteiger partial charge in [-0.1, -0.05) is 11.6 Å². The Labute approximate surface area is 171 Å². The second-order valence-electron chi connectivity index (χ2n) is 7.25. The topological polar surface area (TPSA) is 61.8 Å². The van der Waals surface area contributed by atoms with Gasteiger partial charge in [0, 0.05) is 41.1 Å². The van der Waals surface area contributed by atoms with Crippen molar-refractivity contribution in [2.24, 2.45) is 10.9 Å². The van der Waals surface area contributed by atoms with Gasteiger partial charge in [0.1, 0.15) is 0 Å². The molecule has 0 spiro atoms. The fraction of sp³-hybridized carbons (Fsp3) is 0.286. The number of amides is 1. The predicted molar refractivity (Wildman–Crippen MR) is 107 cm³/mol. The summed E-state index contributed by atoms with van der Waals surface area (Å²) < 4.78 is 26.3. The van der Waals surface area contributed by atoms with Crippen molar-refractivity contribution in [3.63, 3.8) is 0 Å². The van der Waals surface area contributed by atoms with E-state index in [1.807, 2.05) is 11.8 Å². The fourth-order valence-electron chi connectivity index (χ4n) is 3.74. The lowest BCUT2D eigenvalue weighted by Crippen LogP contribution is -2.47. The quantitative estimate of drug-likeness (QED) is 0.815. The van der Waals surface area contributed by atoms with Gasteiger partial charge in [-0.3, -0.25) is 19.5 Å². The van der Waals surface area contributed by atoms with Gasteiger partial charge in [0.2, 0.25) is 5.91 Å². The highest BCUT2D eigenvalue weighted by Crippen LogP contribution is 2.37. The molecule has 8 heteroatoms. The summed E-state index contributed by atoms with van der Waals surface area (Å²) in [5, 5.41) is 3.13. The number of fused-ring (bicyclic) bond motifs is 2. The first kappa shape index (κ1) is 19.7. The molecule has 150 valence electrons. The summed E-state index contributed by atoms with van der Waals surface area (Å²) in [7, 11) is 0. The largest absolute Gasteiger partial charge is 0.325 e. The molecule has 29 heavy (non-hydrogen) atoms. The molecule has 2 aromatic carbocycles. The highest BCUT2D eigenvalue weighted by Gasteiger charge is 2.36. The number of nitrogens with one attached hydrogen (secondary N) is 1. The van der Waals surface area contributed by atoms with Crippen LogP contribution in [-0.2, 0) is 4.79 Å². The Hall–Kier alpha value is -2.64. The van der Waals surface area contributed by atoms with Crippen molar-refractivity contribution in [3.8, 4) is 0 Å².